The second-order valence-corrected chi connectivity index (χ2v) is 7.39. The van der Waals surface area contributed by atoms with Crippen LogP contribution in [0.4, 0.5) is 0 Å². The SMILES string of the molecule is COC(=O)c1nn(C)cc1Cc1ccccc1SCCN1CCOCC1. The third kappa shape index (κ3) is 4.87. The maximum absolute atomic E-state index is 12.0. The molecule has 26 heavy (non-hydrogen) atoms. The van der Waals surface area contributed by atoms with E-state index in [2.05, 4.69) is 28.2 Å². The largest absolute Gasteiger partial charge is 0.464 e. The molecule has 140 valence electrons. The zero-order valence-electron chi connectivity index (χ0n) is 15.3. The molecule has 0 saturated carbocycles. The summed E-state index contributed by atoms with van der Waals surface area (Å²) in [5.74, 6) is 0.645. The summed E-state index contributed by atoms with van der Waals surface area (Å²) in [5.41, 5.74) is 2.49. The van der Waals surface area contributed by atoms with Crippen molar-refractivity contribution in [3.8, 4) is 0 Å². The molecule has 7 heteroatoms. The van der Waals surface area contributed by atoms with Crippen LogP contribution in [0, 0.1) is 0 Å². The lowest BCUT2D eigenvalue weighted by Gasteiger charge is -2.26. The zero-order chi connectivity index (χ0) is 18.4. The highest BCUT2D eigenvalue weighted by Crippen LogP contribution is 2.26. The monoisotopic (exact) mass is 375 g/mol. The standard InChI is InChI=1S/C19H25N3O3S/c1-21-14-16(18(20-21)19(23)24-2)13-15-5-3-4-6-17(15)26-12-9-22-7-10-25-11-8-22/h3-6,14H,7-13H2,1-2H3. The lowest BCUT2D eigenvalue weighted by atomic mass is 10.1. The second-order valence-electron chi connectivity index (χ2n) is 6.26. The molecular weight excluding hydrogens is 350 g/mol. The molecule has 6 nitrogen and oxygen atoms in total. The Morgan fingerprint density at radius 3 is 2.81 bits per heavy atom. The normalized spacial score (nSPS) is 15.2. The Hall–Kier alpha value is -1.83. The first-order valence-electron chi connectivity index (χ1n) is 8.79. The number of thioether (sulfide) groups is 1. The van der Waals surface area contributed by atoms with E-state index in [0.29, 0.717) is 12.1 Å². The highest BCUT2D eigenvalue weighted by atomic mass is 32.2. The number of morpholine rings is 1. The fourth-order valence-corrected chi connectivity index (χ4v) is 4.11. The van der Waals surface area contributed by atoms with E-state index in [9.17, 15) is 4.79 Å². The van der Waals surface area contributed by atoms with Crippen molar-refractivity contribution in [2.45, 2.75) is 11.3 Å². The highest BCUT2D eigenvalue weighted by molar-refractivity contribution is 7.99. The van der Waals surface area contributed by atoms with E-state index >= 15 is 0 Å². The Labute approximate surface area is 158 Å². The van der Waals surface area contributed by atoms with Gasteiger partial charge in [-0.1, -0.05) is 18.2 Å². The Balaban J connectivity index is 1.66. The summed E-state index contributed by atoms with van der Waals surface area (Å²) in [7, 11) is 3.20. The van der Waals surface area contributed by atoms with Gasteiger partial charge in [-0.05, 0) is 11.6 Å². The number of aryl methyl sites for hydroxylation is 1. The molecule has 0 N–H and O–H groups in total. The van der Waals surface area contributed by atoms with Gasteiger partial charge in [0.1, 0.15) is 0 Å². The van der Waals surface area contributed by atoms with Gasteiger partial charge in [-0.15, -0.1) is 11.8 Å². The van der Waals surface area contributed by atoms with Crippen LogP contribution < -0.4 is 0 Å². The van der Waals surface area contributed by atoms with E-state index < -0.39 is 5.97 Å². The first-order chi connectivity index (χ1) is 12.7. The molecule has 1 fully saturated rings. The van der Waals surface area contributed by atoms with Gasteiger partial charge in [0.25, 0.3) is 0 Å². The first kappa shape index (κ1) is 18.9. The predicted molar refractivity (Wildman–Crippen MR) is 102 cm³/mol. The van der Waals surface area contributed by atoms with Crippen molar-refractivity contribution in [2.24, 2.45) is 7.05 Å². The van der Waals surface area contributed by atoms with E-state index in [1.807, 2.05) is 31.1 Å². The molecule has 1 aliphatic rings. The van der Waals surface area contributed by atoms with Crippen LogP contribution in [0.2, 0.25) is 0 Å². The van der Waals surface area contributed by atoms with Gasteiger partial charge in [0.2, 0.25) is 0 Å². The number of nitrogens with zero attached hydrogens (tertiary/aromatic N) is 3. The van der Waals surface area contributed by atoms with Crippen molar-refractivity contribution >= 4 is 17.7 Å². The average Bonchev–Trinajstić information content (AvgIpc) is 3.03. The van der Waals surface area contributed by atoms with E-state index in [1.165, 1.54) is 17.6 Å². The van der Waals surface area contributed by atoms with Crippen molar-refractivity contribution in [2.75, 3.05) is 45.7 Å². The van der Waals surface area contributed by atoms with Crippen molar-refractivity contribution in [3.05, 3.63) is 47.3 Å². The third-order valence-electron chi connectivity index (χ3n) is 4.41. The molecular formula is C19H25N3O3S. The Kier molecular flexibility index (Phi) is 6.71. The van der Waals surface area contributed by atoms with E-state index in [4.69, 9.17) is 9.47 Å². The van der Waals surface area contributed by atoms with E-state index in [0.717, 1.165) is 44.2 Å². The molecule has 3 rings (SSSR count). The Bertz CT molecular complexity index is 741. The molecule has 0 spiro atoms. The third-order valence-corrected chi connectivity index (χ3v) is 5.50. The van der Waals surface area contributed by atoms with Gasteiger partial charge < -0.3 is 9.47 Å². The van der Waals surface area contributed by atoms with Crippen LogP contribution >= 0.6 is 11.8 Å². The summed E-state index contributed by atoms with van der Waals surface area (Å²) >= 11 is 1.86. The molecule has 1 aliphatic heterocycles. The molecule has 2 heterocycles. The average molecular weight is 375 g/mol. The molecule has 2 aromatic rings. The molecule has 0 bridgehead atoms. The summed E-state index contributed by atoms with van der Waals surface area (Å²) in [4.78, 5) is 15.6. The van der Waals surface area contributed by atoms with Gasteiger partial charge in [0.05, 0.1) is 20.3 Å². The van der Waals surface area contributed by atoms with Crippen LogP contribution in [0.1, 0.15) is 21.6 Å². The molecule has 0 unspecified atom stereocenters. The number of ether oxygens (including phenoxy) is 2. The smallest absolute Gasteiger partial charge is 0.358 e. The van der Waals surface area contributed by atoms with Crippen molar-refractivity contribution < 1.29 is 14.3 Å². The minimum Gasteiger partial charge on any atom is -0.464 e. The summed E-state index contributed by atoms with van der Waals surface area (Å²) in [6.07, 6.45) is 2.56. The molecule has 0 aliphatic carbocycles. The highest BCUT2D eigenvalue weighted by Gasteiger charge is 2.18. The minimum atomic E-state index is -0.391. The molecule has 0 atom stereocenters. The van der Waals surface area contributed by atoms with Crippen LogP contribution in [-0.2, 0) is 22.9 Å². The summed E-state index contributed by atoms with van der Waals surface area (Å²) in [5, 5.41) is 4.25. The van der Waals surface area contributed by atoms with Crippen molar-refractivity contribution in [1.82, 2.24) is 14.7 Å². The number of carbonyl (C=O) groups is 1. The topological polar surface area (TPSA) is 56.6 Å². The summed E-state index contributed by atoms with van der Waals surface area (Å²) < 4.78 is 11.9. The predicted octanol–water partition coefficient (Wildman–Crippen LogP) is 2.22. The number of methoxy groups -OCH3 is 1. The second kappa shape index (κ2) is 9.21. The lowest BCUT2D eigenvalue weighted by molar-refractivity contribution is 0.0410. The van der Waals surface area contributed by atoms with E-state index in [-0.39, 0.29) is 0 Å². The first-order valence-corrected chi connectivity index (χ1v) is 9.77. The van der Waals surface area contributed by atoms with Gasteiger partial charge >= 0.3 is 5.97 Å². The van der Waals surface area contributed by atoms with E-state index in [1.54, 1.807) is 4.68 Å². The van der Waals surface area contributed by atoms with Gasteiger partial charge in [-0.3, -0.25) is 9.58 Å². The Morgan fingerprint density at radius 1 is 1.27 bits per heavy atom. The lowest BCUT2D eigenvalue weighted by Crippen LogP contribution is -2.37. The number of benzene rings is 1. The number of hydrogen-bond acceptors (Lipinski definition) is 6. The molecule has 1 aromatic heterocycles. The van der Waals surface area contributed by atoms with Crippen LogP contribution in [0.15, 0.2) is 35.4 Å². The number of aromatic nitrogens is 2. The van der Waals surface area contributed by atoms with Crippen LogP contribution in [0.3, 0.4) is 0 Å². The molecule has 0 amide bonds. The van der Waals surface area contributed by atoms with Gasteiger partial charge in [0, 0.05) is 55.5 Å². The van der Waals surface area contributed by atoms with Crippen LogP contribution in [-0.4, -0.2) is 66.4 Å². The number of carbonyl (C=O) groups excluding carboxylic acids is 1. The van der Waals surface area contributed by atoms with Crippen LogP contribution in [0.25, 0.3) is 0 Å². The maximum Gasteiger partial charge on any atom is 0.358 e. The number of hydrogen-bond donors (Lipinski definition) is 0. The molecule has 1 aromatic carbocycles. The van der Waals surface area contributed by atoms with Gasteiger partial charge in [0.15, 0.2) is 5.69 Å². The molecule has 0 radical (unpaired) electrons. The summed E-state index contributed by atoms with van der Waals surface area (Å²) in [6.45, 7) is 4.75. The quantitative estimate of drug-likeness (QED) is 0.546. The molecule has 1 saturated heterocycles. The van der Waals surface area contributed by atoms with Gasteiger partial charge in [-0.25, -0.2) is 4.79 Å². The van der Waals surface area contributed by atoms with Crippen LogP contribution in [0.5, 0.6) is 0 Å². The maximum atomic E-state index is 12.0. The summed E-state index contributed by atoms with van der Waals surface area (Å²) in [6, 6.07) is 8.36. The van der Waals surface area contributed by atoms with Crippen molar-refractivity contribution in [1.29, 1.82) is 0 Å². The van der Waals surface area contributed by atoms with Gasteiger partial charge in [-0.2, -0.15) is 5.10 Å². The fourth-order valence-electron chi connectivity index (χ4n) is 3.04. The van der Waals surface area contributed by atoms with Crippen molar-refractivity contribution in [3.63, 3.8) is 0 Å². The minimum absolute atomic E-state index is 0.391. The number of rotatable bonds is 7. The Morgan fingerprint density at radius 2 is 2.04 bits per heavy atom. The fraction of sp³-hybridized carbons (Fsp3) is 0.474. The zero-order valence-corrected chi connectivity index (χ0v) is 16.1. The number of esters is 1.